The number of fused-ring (bicyclic) bond motifs is 2. The third kappa shape index (κ3) is 3.87. The van der Waals surface area contributed by atoms with Gasteiger partial charge in [0.05, 0.1) is 18.0 Å². The van der Waals surface area contributed by atoms with E-state index in [1.165, 1.54) is 0 Å². The van der Waals surface area contributed by atoms with Gasteiger partial charge in [0.2, 0.25) is 0 Å². The van der Waals surface area contributed by atoms with Gasteiger partial charge in [-0.1, -0.05) is 48.5 Å². The first-order valence-electron chi connectivity index (χ1n) is 11.5. The number of aromatic nitrogens is 3. The first-order chi connectivity index (χ1) is 16.4. The molecule has 3 aromatic rings. The van der Waals surface area contributed by atoms with Crippen molar-refractivity contribution in [3.63, 3.8) is 0 Å². The largest absolute Gasteiger partial charge is 0.382 e. The van der Waals surface area contributed by atoms with Crippen LogP contribution in [0.1, 0.15) is 42.7 Å². The van der Waals surface area contributed by atoms with Gasteiger partial charge in [0.25, 0.3) is 5.91 Å². The number of carbonyl (C=O) groups excluding carboxylic acids is 1. The lowest BCUT2D eigenvalue weighted by Crippen LogP contribution is -2.44. The molecule has 2 aromatic carbocycles. The van der Waals surface area contributed by atoms with Crippen LogP contribution >= 0.6 is 22.6 Å². The molecule has 1 saturated heterocycles. The van der Waals surface area contributed by atoms with Crippen LogP contribution in [0.2, 0.25) is 0 Å². The van der Waals surface area contributed by atoms with Gasteiger partial charge in [0.1, 0.15) is 11.8 Å². The minimum atomic E-state index is -0.957. The van der Waals surface area contributed by atoms with E-state index in [1.54, 1.807) is 21.9 Å². The van der Waals surface area contributed by atoms with Gasteiger partial charge in [-0.25, -0.2) is 0 Å². The minimum Gasteiger partial charge on any atom is -0.382 e. The summed E-state index contributed by atoms with van der Waals surface area (Å²) in [6, 6.07) is 15.5. The molecular formula is C26H27IN4O3. The average molecular weight is 570 g/mol. The summed E-state index contributed by atoms with van der Waals surface area (Å²) in [4.78, 5) is 15.4. The van der Waals surface area contributed by atoms with Gasteiger partial charge in [0.15, 0.2) is 5.60 Å². The Balaban J connectivity index is 1.31. The highest BCUT2D eigenvalue weighted by Crippen LogP contribution is 2.53. The lowest BCUT2D eigenvalue weighted by atomic mass is 9.83. The van der Waals surface area contributed by atoms with E-state index in [9.17, 15) is 9.90 Å². The molecule has 2 aliphatic rings. The molecule has 1 aromatic heterocycles. The minimum absolute atomic E-state index is 0.00609. The average Bonchev–Trinajstić information content (AvgIpc) is 3.51. The van der Waals surface area contributed by atoms with E-state index in [0.717, 1.165) is 26.8 Å². The number of aliphatic hydroxyl groups excluding tert-OH is 1. The second-order valence-corrected chi connectivity index (χ2v) is 10.2. The Morgan fingerprint density at radius 3 is 2.88 bits per heavy atom. The molecule has 0 aliphatic carbocycles. The van der Waals surface area contributed by atoms with Crippen molar-refractivity contribution in [1.29, 1.82) is 0 Å². The fourth-order valence-corrected chi connectivity index (χ4v) is 5.65. The molecule has 1 amide bonds. The molecule has 3 heterocycles. The Morgan fingerprint density at radius 2 is 2.12 bits per heavy atom. The second-order valence-electron chi connectivity index (χ2n) is 8.99. The Bertz CT molecular complexity index is 1210. The number of hydrogen-bond donors (Lipinski definition) is 1. The van der Waals surface area contributed by atoms with Crippen LogP contribution in [0.3, 0.4) is 0 Å². The maximum Gasteiger partial charge on any atom is 0.264 e. The van der Waals surface area contributed by atoms with Crippen molar-refractivity contribution in [3.05, 3.63) is 87.8 Å². The third-order valence-corrected chi connectivity index (χ3v) is 7.49. The van der Waals surface area contributed by atoms with E-state index in [-0.39, 0.29) is 17.9 Å². The van der Waals surface area contributed by atoms with Crippen LogP contribution in [-0.4, -0.2) is 38.7 Å². The summed E-state index contributed by atoms with van der Waals surface area (Å²) in [5.74, 6) is 0.0383. The van der Waals surface area contributed by atoms with Crippen molar-refractivity contribution < 1.29 is 14.6 Å². The predicted octanol–water partition coefficient (Wildman–Crippen LogP) is 4.21. The molecule has 0 saturated carbocycles. The van der Waals surface area contributed by atoms with Crippen LogP contribution in [0.4, 0.5) is 5.69 Å². The molecule has 7 nitrogen and oxygen atoms in total. The van der Waals surface area contributed by atoms with E-state index in [1.807, 2.05) is 42.5 Å². The first-order valence-corrected chi connectivity index (χ1v) is 12.6. The number of anilines is 1. The van der Waals surface area contributed by atoms with Crippen LogP contribution in [0.5, 0.6) is 0 Å². The standard InChI is InChI=1S/C26H27IN4O3/c1-3-12-31-23-10-9-19(27)15-21(23)26(25(31)33)17(2)14-20(34-26)11-13-30-16-22(28-29-30)24(32)18-7-5-4-6-8-18/h3-10,15-17,20,24,32H,1,11-14H2,2H3/t17-,20+,24+,26+/m0/s1. The van der Waals surface area contributed by atoms with E-state index >= 15 is 0 Å². The van der Waals surface area contributed by atoms with Gasteiger partial charge >= 0.3 is 0 Å². The van der Waals surface area contributed by atoms with Crippen molar-refractivity contribution in [3.8, 4) is 0 Å². The number of amides is 1. The van der Waals surface area contributed by atoms with Crippen LogP contribution in [-0.2, 0) is 21.7 Å². The van der Waals surface area contributed by atoms with Gasteiger partial charge in [-0.05, 0) is 59.2 Å². The number of carbonyl (C=O) groups is 1. The molecule has 8 heteroatoms. The molecule has 1 N–H and O–H groups in total. The predicted molar refractivity (Wildman–Crippen MR) is 137 cm³/mol. The van der Waals surface area contributed by atoms with Crippen molar-refractivity contribution >= 4 is 34.2 Å². The number of nitrogens with zero attached hydrogens (tertiary/aromatic N) is 4. The zero-order chi connectivity index (χ0) is 23.9. The monoisotopic (exact) mass is 570 g/mol. The fraction of sp³-hybridized carbons (Fsp3) is 0.346. The quantitative estimate of drug-likeness (QED) is 0.340. The highest BCUT2D eigenvalue weighted by Gasteiger charge is 2.59. The molecule has 0 radical (unpaired) electrons. The molecule has 5 rings (SSSR count). The molecular weight excluding hydrogens is 543 g/mol. The number of benzene rings is 2. The van der Waals surface area contributed by atoms with E-state index in [4.69, 9.17) is 4.74 Å². The number of halogens is 1. The zero-order valence-corrected chi connectivity index (χ0v) is 21.1. The van der Waals surface area contributed by atoms with Gasteiger partial charge in [0, 0.05) is 28.1 Å². The Kier molecular flexibility index (Phi) is 6.30. The number of aryl methyl sites for hydroxylation is 1. The van der Waals surface area contributed by atoms with Crippen LogP contribution in [0.15, 0.2) is 67.4 Å². The summed E-state index contributed by atoms with van der Waals surface area (Å²) in [7, 11) is 0. The first kappa shape index (κ1) is 23.2. The van der Waals surface area contributed by atoms with E-state index in [0.29, 0.717) is 25.2 Å². The highest BCUT2D eigenvalue weighted by molar-refractivity contribution is 14.1. The van der Waals surface area contributed by atoms with Crippen LogP contribution < -0.4 is 4.90 Å². The van der Waals surface area contributed by atoms with Gasteiger partial charge in [-0.2, -0.15) is 0 Å². The molecule has 1 spiro atoms. The molecule has 34 heavy (non-hydrogen) atoms. The molecule has 4 atom stereocenters. The van der Waals surface area contributed by atoms with Crippen LogP contribution in [0, 0.1) is 9.49 Å². The Hall–Kier alpha value is -2.56. The third-order valence-electron chi connectivity index (χ3n) is 6.82. The normalized spacial score (nSPS) is 24.6. The maximum absolute atomic E-state index is 13.6. The zero-order valence-electron chi connectivity index (χ0n) is 19.0. The van der Waals surface area contributed by atoms with Gasteiger partial charge in [-0.3, -0.25) is 9.48 Å². The number of hydrogen-bond acceptors (Lipinski definition) is 5. The van der Waals surface area contributed by atoms with Crippen molar-refractivity contribution in [1.82, 2.24) is 15.0 Å². The second kappa shape index (κ2) is 9.24. The Labute approximate surface area is 212 Å². The fourth-order valence-electron chi connectivity index (χ4n) is 5.16. The lowest BCUT2D eigenvalue weighted by Gasteiger charge is -2.28. The summed E-state index contributed by atoms with van der Waals surface area (Å²) >= 11 is 2.28. The van der Waals surface area contributed by atoms with Gasteiger partial charge in [-0.15, -0.1) is 11.7 Å². The Morgan fingerprint density at radius 1 is 1.32 bits per heavy atom. The molecule has 1 fully saturated rings. The smallest absolute Gasteiger partial charge is 0.264 e. The van der Waals surface area contributed by atoms with Crippen LogP contribution in [0.25, 0.3) is 0 Å². The van der Waals surface area contributed by atoms with Crippen molar-refractivity contribution in [2.45, 2.75) is 44.1 Å². The van der Waals surface area contributed by atoms with E-state index in [2.05, 4.69) is 52.5 Å². The lowest BCUT2D eigenvalue weighted by molar-refractivity contribution is -0.145. The molecule has 0 unspecified atom stereocenters. The summed E-state index contributed by atoms with van der Waals surface area (Å²) in [5.41, 5.74) is 2.20. The van der Waals surface area contributed by atoms with Crippen molar-refractivity contribution in [2.24, 2.45) is 5.92 Å². The highest BCUT2D eigenvalue weighted by atomic mass is 127. The maximum atomic E-state index is 13.6. The SMILES string of the molecule is C=CCN1C(=O)[C@]2(O[C@H](CCn3cc([C@H](O)c4ccccc4)nn3)C[C@@H]2C)c2cc(I)ccc21. The van der Waals surface area contributed by atoms with Gasteiger partial charge < -0.3 is 14.7 Å². The summed E-state index contributed by atoms with van der Waals surface area (Å²) in [6.45, 7) is 6.97. The molecule has 0 bridgehead atoms. The summed E-state index contributed by atoms with van der Waals surface area (Å²) < 4.78 is 9.41. The molecule has 176 valence electrons. The summed E-state index contributed by atoms with van der Waals surface area (Å²) in [5, 5.41) is 18.9. The number of aliphatic hydroxyl groups is 1. The van der Waals surface area contributed by atoms with Crippen molar-refractivity contribution in [2.75, 3.05) is 11.4 Å². The summed E-state index contributed by atoms with van der Waals surface area (Å²) in [6.07, 6.45) is 4.11. The number of rotatable bonds is 7. The number of ether oxygens (including phenoxy) is 1. The topological polar surface area (TPSA) is 80.5 Å². The van der Waals surface area contributed by atoms with E-state index < -0.39 is 11.7 Å². The molecule has 2 aliphatic heterocycles.